The Morgan fingerprint density at radius 2 is 2.20 bits per heavy atom. The molecule has 7 nitrogen and oxygen atoms in total. The number of aliphatic imine (C=N–C) groups is 1. The van der Waals surface area contributed by atoms with Crippen LogP contribution in [0.1, 0.15) is 51.5 Å². The molecule has 1 aromatic rings. The number of hydrogen-bond acceptors (Lipinski definition) is 5. The molecule has 3 heterocycles. The summed E-state index contributed by atoms with van der Waals surface area (Å²) in [6.07, 6.45) is 1.69. The van der Waals surface area contributed by atoms with Gasteiger partial charge in [-0.2, -0.15) is 0 Å². The van der Waals surface area contributed by atoms with Gasteiger partial charge in [-0.25, -0.2) is 4.79 Å². The minimum atomic E-state index is -0.479. The summed E-state index contributed by atoms with van der Waals surface area (Å²) in [4.78, 5) is 23.3. The van der Waals surface area contributed by atoms with Crippen LogP contribution in [0.4, 0.5) is 4.79 Å². The molecule has 0 spiro atoms. The second kappa shape index (κ2) is 10.0. The first-order chi connectivity index (χ1) is 14.2. The quantitative estimate of drug-likeness (QED) is 0.550. The summed E-state index contributed by atoms with van der Waals surface area (Å²) >= 11 is 1.88. The number of alkyl carbamates (subject to hydrolysis) is 1. The number of fused-ring (bicyclic) bond motifs is 1. The van der Waals surface area contributed by atoms with Crippen LogP contribution in [0.3, 0.4) is 0 Å². The predicted octanol–water partition coefficient (Wildman–Crippen LogP) is 3.06. The van der Waals surface area contributed by atoms with Gasteiger partial charge >= 0.3 is 6.09 Å². The second-order valence-corrected chi connectivity index (χ2v) is 10.2. The molecule has 1 saturated heterocycles. The van der Waals surface area contributed by atoms with Gasteiger partial charge in [0.25, 0.3) is 0 Å². The van der Waals surface area contributed by atoms with E-state index in [9.17, 15) is 4.79 Å². The number of guanidine groups is 1. The van der Waals surface area contributed by atoms with Crippen LogP contribution in [0.5, 0.6) is 0 Å². The van der Waals surface area contributed by atoms with Gasteiger partial charge < -0.3 is 20.3 Å². The van der Waals surface area contributed by atoms with E-state index in [1.807, 2.05) is 32.1 Å². The van der Waals surface area contributed by atoms with Gasteiger partial charge in [-0.15, -0.1) is 11.3 Å². The molecule has 1 amide bonds. The molecular formula is C22H37N5O2S. The number of ether oxygens (including phenoxy) is 1. The van der Waals surface area contributed by atoms with E-state index in [4.69, 9.17) is 9.73 Å². The molecule has 2 aliphatic rings. The summed E-state index contributed by atoms with van der Waals surface area (Å²) in [7, 11) is 0. The molecule has 30 heavy (non-hydrogen) atoms. The van der Waals surface area contributed by atoms with E-state index >= 15 is 0 Å². The van der Waals surface area contributed by atoms with Gasteiger partial charge in [0.2, 0.25) is 0 Å². The van der Waals surface area contributed by atoms with Crippen LogP contribution in [0.2, 0.25) is 0 Å². The Bertz CT molecular complexity index is 742. The number of hydrogen-bond donors (Lipinski definition) is 2. The van der Waals surface area contributed by atoms with Crippen LogP contribution < -0.4 is 10.6 Å². The van der Waals surface area contributed by atoms with E-state index < -0.39 is 5.60 Å². The number of carbonyl (C=O) groups is 1. The van der Waals surface area contributed by atoms with E-state index in [1.165, 1.54) is 10.4 Å². The average Bonchev–Trinajstić information content (AvgIpc) is 3.31. The first kappa shape index (κ1) is 22.9. The molecule has 0 bridgehead atoms. The Hall–Kier alpha value is -1.80. The van der Waals surface area contributed by atoms with E-state index in [-0.39, 0.29) is 12.1 Å². The van der Waals surface area contributed by atoms with Gasteiger partial charge in [-0.05, 0) is 64.5 Å². The predicted molar refractivity (Wildman–Crippen MR) is 123 cm³/mol. The number of nitrogens with one attached hydrogen (secondary N) is 2. The fraction of sp³-hybridized carbons (Fsp3) is 0.727. The number of thiophene rings is 1. The molecule has 0 aliphatic carbocycles. The van der Waals surface area contributed by atoms with Crippen molar-refractivity contribution < 1.29 is 9.53 Å². The summed E-state index contributed by atoms with van der Waals surface area (Å²) in [5, 5.41) is 8.62. The summed E-state index contributed by atoms with van der Waals surface area (Å²) in [6, 6.07) is 2.74. The van der Waals surface area contributed by atoms with Crippen LogP contribution in [-0.4, -0.2) is 72.3 Å². The topological polar surface area (TPSA) is 69.2 Å². The fourth-order valence-electron chi connectivity index (χ4n) is 3.95. The Morgan fingerprint density at radius 1 is 1.40 bits per heavy atom. The zero-order chi connectivity index (χ0) is 21.7. The van der Waals surface area contributed by atoms with Crippen LogP contribution in [0, 0.1) is 0 Å². The van der Waals surface area contributed by atoms with Crippen molar-refractivity contribution >= 4 is 23.4 Å². The molecule has 168 valence electrons. The van der Waals surface area contributed by atoms with Crippen molar-refractivity contribution in [1.82, 2.24) is 20.4 Å². The minimum absolute atomic E-state index is 0.0836. The number of rotatable bonds is 5. The lowest BCUT2D eigenvalue weighted by atomic mass is 10.1. The number of carbonyl (C=O) groups excluding carboxylic acids is 1. The zero-order valence-electron chi connectivity index (χ0n) is 19.0. The molecule has 0 radical (unpaired) electrons. The normalized spacial score (nSPS) is 21.3. The maximum Gasteiger partial charge on any atom is 0.407 e. The lowest BCUT2D eigenvalue weighted by Gasteiger charge is -2.32. The lowest BCUT2D eigenvalue weighted by molar-refractivity contribution is 0.0507. The fourth-order valence-corrected chi connectivity index (χ4v) is 4.84. The average molecular weight is 436 g/mol. The number of likely N-dealkylation sites (tertiary alicyclic amines) is 1. The molecule has 1 fully saturated rings. The Morgan fingerprint density at radius 3 is 2.93 bits per heavy atom. The van der Waals surface area contributed by atoms with Crippen LogP contribution in [-0.2, 0) is 17.7 Å². The molecule has 8 heteroatoms. The largest absolute Gasteiger partial charge is 0.444 e. The lowest BCUT2D eigenvalue weighted by Crippen LogP contribution is -2.45. The summed E-state index contributed by atoms with van der Waals surface area (Å²) in [6.45, 7) is 15.4. The Kier molecular flexibility index (Phi) is 7.63. The number of nitrogens with zero attached hydrogens (tertiary/aromatic N) is 3. The van der Waals surface area contributed by atoms with Crippen molar-refractivity contribution in [1.29, 1.82) is 0 Å². The highest BCUT2D eigenvalue weighted by molar-refractivity contribution is 7.10. The van der Waals surface area contributed by atoms with Crippen molar-refractivity contribution in [3.63, 3.8) is 0 Å². The smallest absolute Gasteiger partial charge is 0.407 e. The minimum Gasteiger partial charge on any atom is -0.444 e. The van der Waals surface area contributed by atoms with E-state index in [0.29, 0.717) is 6.04 Å². The molecule has 2 aliphatic heterocycles. The first-order valence-electron chi connectivity index (χ1n) is 11.1. The Balaban J connectivity index is 1.52. The van der Waals surface area contributed by atoms with Crippen LogP contribution in [0.15, 0.2) is 16.4 Å². The van der Waals surface area contributed by atoms with Gasteiger partial charge in [-0.3, -0.25) is 9.89 Å². The maximum absolute atomic E-state index is 12.1. The SMILES string of the molecule is CCNC(=NCC(C)N1CCc2sccc2C1)N1CCC(NC(=O)OC(C)(C)C)C1. The van der Waals surface area contributed by atoms with Gasteiger partial charge in [0.15, 0.2) is 5.96 Å². The monoisotopic (exact) mass is 435 g/mol. The third kappa shape index (κ3) is 6.35. The third-order valence-corrected chi connectivity index (χ3v) is 6.53. The molecule has 0 saturated carbocycles. The molecule has 3 rings (SSSR count). The van der Waals surface area contributed by atoms with Crippen molar-refractivity contribution in [2.24, 2.45) is 4.99 Å². The standard InChI is InChI=1S/C22H37N5O2S/c1-6-23-20(27-10-7-18(15-27)25-21(28)29-22(3,4)5)24-13-16(2)26-11-8-19-17(14-26)9-12-30-19/h9,12,16,18H,6-8,10-11,13-15H2,1-5H3,(H,23,24)(H,25,28). The summed E-state index contributed by atoms with van der Waals surface area (Å²) in [5.74, 6) is 0.936. The highest BCUT2D eigenvalue weighted by atomic mass is 32.1. The molecule has 2 atom stereocenters. The highest BCUT2D eigenvalue weighted by Crippen LogP contribution is 2.25. The van der Waals surface area contributed by atoms with Crippen LogP contribution in [0.25, 0.3) is 0 Å². The number of amides is 1. The van der Waals surface area contributed by atoms with Crippen molar-refractivity contribution in [3.05, 3.63) is 21.9 Å². The van der Waals surface area contributed by atoms with E-state index in [0.717, 1.165) is 58.1 Å². The molecule has 2 unspecified atom stereocenters. The summed E-state index contributed by atoms with van der Waals surface area (Å²) < 4.78 is 5.39. The van der Waals surface area contributed by atoms with Gasteiger partial charge in [0, 0.05) is 43.6 Å². The zero-order valence-corrected chi connectivity index (χ0v) is 19.8. The van der Waals surface area contributed by atoms with E-state index in [2.05, 4.69) is 45.7 Å². The van der Waals surface area contributed by atoms with Crippen molar-refractivity contribution in [2.75, 3.05) is 32.7 Å². The van der Waals surface area contributed by atoms with Gasteiger partial charge in [0.1, 0.15) is 5.60 Å². The molecular weight excluding hydrogens is 398 g/mol. The Labute approximate surface area is 184 Å². The first-order valence-corrected chi connectivity index (χ1v) is 11.9. The third-order valence-electron chi connectivity index (χ3n) is 5.51. The van der Waals surface area contributed by atoms with Crippen molar-refractivity contribution in [2.45, 2.75) is 71.7 Å². The highest BCUT2D eigenvalue weighted by Gasteiger charge is 2.28. The van der Waals surface area contributed by atoms with E-state index in [1.54, 1.807) is 0 Å². The molecule has 2 N–H and O–H groups in total. The summed E-state index contributed by atoms with van der Waals surface area (Å²) in [5.41, 5.74) is 0.997. The maximum atomic E-state index is 12.1. The second-order valence-electron chi connectivity index (χ2n) is 9.21. The van der Waals surface area contributed by atoms with Crippen LogP contribution >= 0.6 is 11.3 Å². The molecule has 0 aromatic carbocycles. The van der Waals surface area contributed by atoms with Gasteiger partial charge in [0.05, 0.1) is 12.6 Å². The van der Waals surface area contributed by atoms with Gasteiger partial charge in [-0.1, -0.05) is 0 Å². The molecule has 1 aromatic heterocycles. The van der Waals surface area contributed by atoms with Crippen molar-refractivity contribution in [3.8, 4) is 0 Å².